The highest BCUT2D eigenvalue weighted by Crippen LogP contribution is 2.26. The van der Waals surface area contributed by atoms with Crippen molar-refractivity contribution in [3.63, 3.8) is 0 Å². The van der Waals surface area contributed by atoms with Crippen LogP contribution in [0.5, 0.6) is 0 Å². The Morgan fingerprint density at radius 3 is 2.50 bits per heavy atom. The number of hydrogen-bond donors (Lipinski definition) is 3. The summed E-state index contributed by atoms with van der Waals surface area (Å²) < 4.78 is 0. The number of piperidine rings is 2. The van der Waals surface area contributed by atoms with Crippen LogP contribution in [0.4, 0.5) is 4.79 Å². The van der Waals surface area contributed by atoms with Gasteiger partial charge in [-0.05, 0) is 45.3 Å². The molecule has 0 aliphatic carbocycles. The molecule has 18 heavy (non-hydrogen) atoms. The molecule has 0 radical (unpaired) electrons. The molecule has 3 N–H and O–H groups in total. The first-order chi connectivity index (χ1) is 7.86. The molecule has 0 aromatic heterocycles. The first-order valence-electron chi connectivity index (χ1n) is 6.39. The number of halogens is 2. The van der Waals surface area contributed by atoms with Crippen molar-refractivity contribution in [1.29, 1.82) is 0 Å². The minimum absolute atomic E-state index is 0. The molecule has 3 heterocycles. The van der Waals surface area contributed by atoms with E-state index < -0.39 is 0 Å². The van der Waals surface area contributed by atoms with Gasteiger partial charge < -0.3 is 15.5 Å². The smallest absolute Gasteiger partial charge is 0.319 e. The lowest BCUT2D eigenvalue weighted by atomic mass is 9.99. The number of rotatable bonds is 1. The molecule has 0 spiro atoms. The normalized spacial score (nSPS) is 32.0. The third kappa shape index (κ3) is 2.85. The van der Waals surface area contributed by atoms with E-state index in [1.807, 2.05) is 0 Å². The molecule has 2 atom stereocenters. The van der Waals surface area contributed by atoms with Gasteiger partial charge in [0.25, 0.3) is 0 Å². The number of carbonyl (C=O) groups is 1. The third-order valence-electron chi connectivity index (χ3n) is 4.00. The Balaban J connectivity index is 0.000000810. The van der Waals surface area contributed by atoms with Crippen molar-refractivity contribution in [1.82, 2.24) is 20.9 Å². The Bertz CT molecular complexity index is 286. The van der Waals surface area contributed by atoms with Crippen LogP contribution >= 0.6 is 24.8 Å². The fraction of sp³-hybridized carbons (Fsp3) is 0.909. The largest absolute Gasteiger partial charge is 0.321 e. The number of nitrogens with zero attached hydrogens (tertiary/aromatic N) is 1. The van der Waals surface area contributed by atoms with Crippen molar-refractivity contribution < 1.29 is 4.79 Å². The molecule has 3 rings (SSSR count). The molecule has 3 aliphatic heterocycles. The average molecular weight is 297 g/mol. The third-order valence-corrected chi connectivity index (χ3v) is 4.00. The predicted molar refractivity (Wildman–Crippen MR) is 75.6 cm³/mol. The van der Waals surface area contributed by atoms with Crippen LogP contribution in [0.25, 0.3) is 0 Å². The van der Waals surface area contributed by atoms with Gasteiger partial charge in [-0.1, -0.05) is 0 Å². The summed E-state index contributed by atoms with van der Waals surface area (Å²) in [6, 6.07) is 0.955. The molecule has 0 aromatic carbocycles. The first kappa shape index (κ1) is 15.8. The van der Waals surface area contributed by atoms with Crippen LogP contribution in [0.1, 0.15) is 25.7 Å². The summed E-state index contributed by atoms with van der Waals surface area (Å²) in [5.41, 5.74) is 0. The molecule has 3 saturated heterocycles. The highest BCUT2D eigenvalue weighted by molar-refractivity contribution is 5.85. The number of fused-ring (bicyclic) bond motifs is 1. The summed E-state index contributed by atoms with van der Waals surface area (Å²) in [5.74, 6) is 0. The van der Waals surface area contributed by atoms with Gasteiger partial charge in [0, 0.05) is 6.04 Å². The highest BCUT2D eigenvalue weighted by atomic mass is 35.5. The van der Waals surface area contributed by atoms with Gasteiger partial charge in [-0.3, -0.25) is 5.32 Å². The van der Waals surface area contributed by atoms with Crippen molar-refractivity contribution in [2.75, 3.05) is 19.6 Å². The molecular weight excluding hydrogens is 275 g/mol. The number of urea groups is 1. The lowest BCUT2D eigenvalue weighted by molar-refractivity contribution is 0.135. The summed E-state index contributed by atoms with van der Waals surface area (Å²) in [6.07, 6.45) is 4.70. The fourth-order valence-corrected chi connectivity index (χ4v) is 3.20. The van der Waals surface area contributed by atoms with Crippen molar-refractivity contribution in [2.45, 2.75) is 43.9 Å². The minimum Gasteiger partial charge on any atom is -0.321 e. The van der Waals surface area contributed by atoms with E-state index >= 15 is 0 Å². The van der Waals surface area contributed by atoms with E-state index in [9.17, 15) is 4.79 Å². The van der Waals surface area contributed by atoms with Crippen LogP contribution in [-0.4, -0.2) is 48.8 Å². The van der Waals surface area contributed by atoms with Crippen molar-refractivity contribution in [3.05, 3.63) is 0 Å². The van der Waals surface area contributed by atoms with E-state index in [0.29, 0.717) is 12.1 Å². The van der Waals surface area contributed by atoms with E-state index in [0.717, 1.165) is 38.9 Å². The van der Waals surface area contributed by atoms with Crippen LogP contribution in [-0.2, 0) is 0 Å². The number of hydrogen-bond acceptors (Lipinski definition) is 3. The predicted octanol–water partition coefficient (Wildman–Crippen LogP) is 0.685. The second kappa shape index (κ2) is 6.80. The van der Waals surface area contributed by atoms with E-state index in [1.54, 1.807) is 0 Å². The summed E-state index contributed by atoms with van der Waals surface area (Å²) in [7, 11) is 0. The maximum Gasteiger partial charge on any atom is 0.319 e. The summed E-state index contributed by atoms with van der Waals surface area (Å²) in [6.45, 7) is 3.11. The number of carbonyl (C=O) groups excluding carboxylic acids is 1. The number of nitrogens with one attached hydrogen (secondary N) is 3. The van der Waals surface area contributed by atoms with Gasteiger partial charge in [0.2, 0.25) is 0 Å². The topological polar surface area (TPSA) is 56.4 Å². The van der Waals surface area contributed by atoms with Gasteiger partial charge >= 0.3 is 6.03 Å². The Labute approximate surface area is 120 Å². The first-order valence-corrected chi connectivity index (χ1v) is 6.39. The van der Waals surface area contributed by atoms with Gasteiger partial charge in [0.1, 0.15) is 6.17 Å². The van der Waals surface area contributed by atoms with E-state index in [2.05, 4.69) is 20.9 Å². The van der Waals surface area contributed by atoms with Crippen LogP contribution < -0.4 is 16.0 Å². The molecular formula is C11H22Cl2N4O. The van der Waals surface area contributed by atoms with Crippen LogP contribution in [0.15, 0.2) is 0 Å². The van der Waals surface area contributed by atoms with Gasteiger partial charge in [-0.2, -0.15) is 0 Å². The van der Waals surface area contributed by atoms with E-state index in [4.69, 9.17) is 0 Å². The van der Waals surface area contributed by atoms with Gasteiger partial charge in [-0.15, -0.1) is 24.8 Å². The SMILES string of the molecule is Cl.Cl.O=C1NC2NCCCC2N1C1CCNCC1. The minimum atomic E-state index is 0. The summed E-state index contributed by atoms with van der Waals surface area (Å²) in [5, 5.41) is 9.80. The zero-order valence-electron chi connectivity index (χ0n) is 10.4. The van der Waals surface area contributed by atoms with Crippen LogP contribution in [0.3, 0.4) is 0 Å². The Morgan fingerprint density at radius 2 is 1.78 bits per heavy atom. The molecule has 0 saturated carbocycles. The zero-order valence-corrected chi connectivity index (χ0v) is 12.0. The lowest BCUT2D eigenvalue weighted by Gasteiger charge is -2.37. The fourth-order valence-electron chi connectivity index (χ4n) is 3.20. The zero-order chi connectivity index (χ0) is 11.0. The molecule has 0 aromatic rings. The monoisotopic (exact) mass is 296 g/mol. The Morgan fingerprint density at radius 1 is 1.06 bits per heavy atom. The Hall–Kier alpha value is -0.230. The van der Waals surface area contributed by atoms with E-state index in [1.165, 1.54) is 6.42 Å². The standard InChI is InChI=1S/C11H20N4O.2ClH/c16-11-14-10-9(2-1-5-13-10)15(11)8-3-6-12-7-4-8;;/h8-10,12-13H,1-7H2,(H,14,16);2*1H. The highest BCUT2D eigenvalue weighted by Gasteiger charge is 2.43. The lowest BCUT2D eigenvalue weighted by Crippen LogP contribution is -2.53. The average Bonchev–Trinajstić information content (AvgIpc) is 2.66. The summed E-state index contributed by atoms with van der Waals surface area (Å²) in [4.78, 5) is 14.1. The molecule has 3 aliphatic rings. The maximum atomic E-state index is 12.0. The molecule has 2 unspecified atom stereocenters. The van der Waals surface area contributed by atoms with Crippen LogP contribution in [0.2, 0.25) is 0 Å². The molecule has 3 fully saturated rings. The quantitative estimate of drug-likeness (QED) is 0.667. The molecule has 7 heteroatoms. The Kier molecular flexibility index (Phi) is 5.98. The van der Waals surface area contributed by atoms with E-state index in [-0.39, 0.29) is 37.0 Å². The second-order valence-electron chi connectivity index (χ2n) is 4.98. The van der Waals surface area contributed by atoms with Crippen LogP contribution in [0, 0.1) is 0 Å². The van der Waals surface area contributed by atoms with Gasteiger partial charge in [0.05, 0.1) is 6.04 Å². The molecule has 0 bridgehead atoms. The summed E-state index contributed by atoms with van der Waals surface area (Å²) >= 11 is 0. The molecule has 2 amide bonds. The van der Waals surface area contributed by atoms with Crippen molar-refractivity contribution >= 4 is 30.8 Å². The van der Waals surface area contributed by atoms with Crippen molar-refractivity contribution in [3.8, 4) is 0 Å². The molecule has 5 nitrogen and oxygen atoms in total. The van der Waals surface area contributed by atoms with Gasteiger partial charge in [-0.25, -0.2) is 4.79 Å². The second-order valence-corrected chi connectivity index (χ2v) is 4.98. The van der Waals surface area contributed by atoms with Crippen molar-refractivity contribution in [2.24, 2.45) is 0 Å². The number of amides is 2. The maximum absolute atomic E-state index is 12.0. The van der Waals surface area contributed by atoms with Gasteiger partial charge in [0.15, 0.2) is 0 Å². The molecule has 106 valence electrons.